The third-order valence-electron chi connectivity index (χ3n) is 5.51. The molecule has 9 heteroatoms. The first-order valence-corrected chi connectivity index (χ1v) is 10.9. The summed E-state index contributed by atoms with van der Waals surface area (Å²) in [6.07, 6.45) is 0. The van der Waals surface area contributed by atoms with E-state index in [1.165, 1.54) is 4.52 Å². The molecule has 0 unspecified atom stereocenters. The first-order chi connectivity index (χ1) is 16.4. The molecule has 0 saturated heterocycles. The van der Waals surface area contributed by atoms with Gasteiger partial charge in [-0.05, 0) is 48.4 Å². The maximum atomic E-state index is 13.5. The molecule has 0 saturated carbocycles. The molecule has 0 aliphatic carbocycles. The molecule has 0 fully saturated rings. The Morgan fingerprint density at radius 1 is 1.06 bits per heavy atom. The number of anilines is 1. The van der Waals surface area contributed by atoms with E-state index in [9.17, 15) is 9.59 Å². The van der Waals surface area contributed by atoms with E-state index in [4.69, 9.17) is 16.3 Å². The third-order valence-corrected chi connectivity index (χ3v) is 5.88. The van der Waals surface area contributed by atoms with Crippen LogP contribution in [-0.2, 0) is 6.54 Å². The summed E-state index contributed by atoms with van der Waals surface area (Å²) in [6.45, 7) is 2.20. The standard InChI is InChI=1S/C25H20ClN5O3/c1-15-10-11-20-21(12-15)30(14-16-6-3-4-9-19(16)26)25(33)23-28-22(29-31(20)23)24(32)27-17-7-5-8-18(13-17)34-2/h3-13H,14H2,1-2H3,(H,27,32). The predicted molar refractivity (Wildman–Crippen MR) is 131 cm³/mol. The molecule has 5 aromatic rings. The molecule has 5 rings (SSSR count). The Morgan fingerprint density at radius 3 is 2.68 bits per heavy atom. The zero-order valence-electron chi connectivity index (χ0n) is 18.4. The van der Waals surface area contributed by atoms with Gasteiger partial charge in [0.05, 0.1) is 24.7 Å². The summed E-state index contributed by atoms with van der Waals surface area (Å²) in [5, 5.41) is 7.67. The van der Waals surface area contributed by atoms with Crippen LogP contribution in [0.3, 0.4) is 0 Å². The molecule has 2 aromatic heterocycles. The van der Waals surface area contributed by atoms with Gasteiger partial charge >= 0.3 is 0 Å². The van der Waals surface area contributed by atoms with Gasteiger partial charge in [-0.3, -0.25) is 14.2 Å². The second-order valence-corrected chi connectivity index (χ2v) is 8.24. The van der Waals surface area contributed by atoms with Crippen molar-refractivity contribution in [3.63, 3.8) is 0 Å². The van der Waals surface area contributed by atoms with Crippen LogP contribution >= 0.6 is 11.6 Å². The second-order valence-electron chi connectivity index (χ2n) is 7.83. The lowest BCUT2D eigenvalue weighted by molar-refractivity contribution is 0.101. The summed E-state index contributed by atoms with van der Waals surface area (Å²) in [6, 6.07) is 20.0. The van der Waals surface area contributed by atoms with E-state index in [0.717, 1.165) is 11.1 Å². The number of carbonyl (C=O) groups excluding carboxylic acids is 1. The number of aryl methyl sites for hydroxylation is 1. The van der Waals surface area contributed by atoms with Crippen molar-refractivity contribution in [2.45, 2.75) is 13.5 Å². The summed E-state index contributed by atoms with van der Waals surface area (Å²) >= 11 is 6.36. The minimum absolute atomic E-state index is 0.0548. The summed E-state index contributed by atoms with van der Waals surface area (Å²) in [5.41, 5.74) is 3.32. The quantitative estimate of drug-likeness (QED) is 0.410. The molecule has 0 bridgehead atoms. The van der Waals surface area contributed by atoms with E-state index in [0.29, 0.717) is 27.5 Å². The average Bonchev–Trinajstić information content (AvgIpc) is 3.29. The highest BCUT2D eigenvalue weighted by molar-refractivity contribution is 6.31. The van der Waals surface area contributed by atoms with Crippen molar-refractivity contribution in [3.05, 3.63) is 99.1 Å². The van der Waals surface area contributed by atoms with Gasteiger partial charge < -0.3 is 10.1 Å². The van der Waals surface area contributed by atoms with Gasteiger partial charge in [-0.2, -0.15) is 4.98 Å². The molecule has 170 valence electrons. The third kappa shape index (κ3) is 3.88. The Labute approximate surface area is 199 Å². The second kappa shape index (κ2) is 8.64. The number of nitrogens with one attached hydrogen (secondary N) is 1. The number of nitrogens with zero attached hydrogens (tertiary/aromatic N) is 4. The number of fused-ring (bicyclic) bond motifs is 3. The van der Waals surface area contributed by atoms with Crippen molar-refractivity contribution in [2.75, 3.05) is 12.4 Å². The number of amides is 1. The summed E-state index contributed by atoms with van der Waals surface area (Å²) in [4.78, 5) is 30.7. The molecule has 0 spiro atoms. The number of hydrogen-bond donors (Lipinski definition) is 1. The van der Waals surface area contributed by atoms with E-state index in [2.05, 4.69) is 15.4 Å². The Kier molecular flexibility index (Phi) is 5.51. The average molecular weight is 474 g/mol. The normalized spacial score (nSPS) is 11.1. The van der Waals surface area contributed by atoms with Crippen LogP contribution in [0.1, 0.15) is 21.7 Å². The molecular weight excluding hydrogens is 454 g/mol. The molecule has 0 aliphatic heterocycles. The molecule has 0 atom stereocenters. The smallest absolute Gasteiger partial charge is 0.296 e. The molecule has 0 aliphatic rings. The van der Waals surface area contributed by atoms with Crippen LogP contribution < -0.4 is 15.6 Å². The summed E-state index contributed by atoms with van der Waals surface area (Å²) < 4.78 is 8.22. The monoisotopic (exact) mass is 473 g/mol. The molecule has 34 heavy (non-hydrogen) atoms. The molecule has 1 N–H and O–H groups in total. The van der Waals surface area contributed by atoms with Crippen LogP contribution in [0.25, 0.3) is 16.7 Å². The van der Waals surface area contributed by atoms with Crippen LogP contribution in [0, 0.1) is 6.92 Å². The Hall–Kier alpha value is -4.17. The summed E-state index contributed by atoms with van der Waals surface area (Å²) in [5.74, 6) is -0.0452. The largest absolute Gasteiger partial charge is 0.497 e. The zero-order chi connectivity index (χ0) is 23.8. The van der Waals surface area contributed by atoms with Gasteiger partial charge in [0.15, 0.2) is 0 Å². The van der Waals surface area contributed by atoms with Crippen molar-refractivity contribution >= 4 is 39.9 Å². The predicted octanol–water partition coefficient (Wildman–Crippen LogP) is 4.32. The van der Waals surface area contributed by atoms with Crippen LogP contribution in [0.4, 0.5) is 5.69 Å². The minimum atomic E-state index is -0.533. The highest BCUT2D eigenvalue weighted by Crippen LogP contribution is 2.21. The lowest BCUT2D eigenvalue weighted by Gasteiger charge is -2.13. The molecule has 8 nitrogen and oxygen atoms in total. The number of ether oxygens (including phenoxy) is 1. The fourth-order valence-corrected chi connectivity index (χ4v) is 4.01. The topological polar surface area (TPSA) is 90.5 Å². The minimum Gasteiger partial charge on any atom is -0.497 e. The molecule has 1 amide bonds. The molecular formula is C25H20ClN5O3. The van der Waals surface area contributed by atoms with Crippen molar-refractivity contribution < 1.29 is 9.53 Å². The van der Waals surface area contributed by atoms with Crippen LogP contribution in [-0.4, -0.2) is 32.2 Å². The SMILES string of the molecule is COc1cccc(NC(=O)c2nc3c(=O)n(Cc4ccccc4Cl)c4cc(C)ccc4n3n2)c1. The van der Waals surface area contributed by atoms with Gasteiger partial charge in [-0.15, -0.1) is 5.10 Å². The summed E-state index contributed by atoms with van der Waals surface area (Å²) in [7, 11) is 1.55. The van der Waals surface area contributed by atoms with E-state index < -0.39 is 5.91 Å². The molecule has 2 heterocycles. The van der Waals surface area contributed by atoms with Crippen molar-refractivity contribution in [3.8, 4) is 5.75 Å². The zero-order valence-corrected chi connectivity index (χ0v) is 19.2. The maximum absolute atomic E-state index is 13.5. The van der Waals surface area contributed by atoms with Crippen LogP contribution in [0.5, 0.6) is 5.75 Å². The van der Waals surface area contributed by atoms with E-state index in [1.807, 2.05) is 43.3 Å². The fourth-order valence-electron chi connectivity index (χ4n) is 3.82. The van der Waals surface area contributed by atoms with E-state index >= 15 is 0 Å². The maximum Gasteiger partial charge on any atom is 0.296 e. The van der Waals surface area contributed by atoms with Crippen LogP contribution in [0.15, 0.2) is 71.5 Å². The first-order valence-electron chi connectivity index (χ1n) is 10.5. The fraction of sp³-hybridized carbons (Fsp3) is 0.120. The first kappa shape index (κ1) is 21.7. The number of aromatic nitrogens is 4. The Balaban J connectivity index is 1.63. The van der Waals surface area contributed by atoms with Gasteiger partial charge in [-0.1, -0.05) is 41.9 Å². The van der Waals surface area contributed by atoms with Gasteiger partial charge in [0, 0.05) is 16.8 Å². The number of rotatable bonds is 5. The van der Waals surface area contributed by atoms with Crippen molar-refractivity contribution in [2.24, 2.45) is 0 Å². The van der Waals surface area contributed by atoms with Gasteiger partial charge in [0.25, 0.3) is 11.5 Å². The number of halogens is 1. The lowest BCUT2D eigenvalue weighted by Crippen LogP contribution is -2.24. The number of hydrogen-bond acceptors (Lipinski definition) is 5. The number of methoxy groups -OCH3 is 1. The van der Waals surface area contributed by atoms with Gasteiger partial charge in [0.2, 0.25) is 11.5 Å². The molecule has 0 radical (unpaired) electrons. The van der Waals surface area contributed by atoms with Gasteiger partial charge in [0.1, 0.15) is 5.75 Å². The van der Waals surface area contributed by atoms with E-state index in [-0.39, 0.29) is 23.6 Å². The van der Waals surface area contributed by atoms with Crippen LogP contribution in [0.2, 0.25) is 5.02 Å². The lowest BCUT2D eigenvalue weighted by atomic mass is 10.2. The highest BCUT2D eigenvalue weighted by Gasteiger charge is 2.20. The van der Waals surface area contributed by atoms with Crippen molar-refractivity contribution in [1.29, 1.82) is 0 Å². The van der Waals surface area contributed by atoms with E-state index in [1.54, 1.807) is 42.0 Å². The number of benzene rings is 3. The Bertz CT molecular complexity index is 1620. The van der Waals surface area contributed by atoms with Gasteiger partial charge in [-0.25, -0.2) is 4.52 Å². The Morgan fingerprint density at radius 2 is 1.88 bits per heavy atom. The molecule has 3 aromatic carbocycles. The highest BCUT2D eigenvalue weighted by atomic mass is 35.5. The number of carbonyl (C=O) groups is 1. The van der Waals surface area contributed by atoms with Crippen molar-refractivity contribution in [1.82, 2.24) is 19.2 Å².